The maximum Gasteiger partial charge on any atom is 0.325 e. The van der Waals surface area contributed by atoms with E-state index in [0.717, 1.165) is 0 Å². The van der Waals surface area contributed by atoms with Crippen LogP contribution in [0.5, 0.6) is 0 Å². The Kier molecular flexibility index (Phi) is 3.08. The highest BCUT2D eigenvalue weighted by Crippen LogP contribution is 2.38. The molecule has 1 aliphatic heterocycles. The third-order valence-corrected chi connectivity index (χ3v) is 3.01. The van der Waals surface area contributed by atoms with E-state index >= 15 is 0 Å². The first-order chi connectivity index (χ1) is 5.88. The van der Waals surface area contributed by atoms with Gasteiger partial charge in [0.25, 0.3) is 0 Å². The van der Waals surface area contributed by atoms with Gasteiger partial charge >= 0.3 is 13.6 Å². The van der Waals surface area contributed by atoms with E-state index in [1.54, 1.807) is 0 Å². The maximum absolute atomic E-state index is 10.6. The molecule has 1 heterocycles. The van der Waals surface area contributed by atoms with E-state index in [1.165, 1.54) is 0 Å². The Balaban J connectivity index is 2.42. The van der Waals surface area contributed by atoms with Crippen molar-refractivity contribution in [2.24, 2.45) is 5.92 Å². The number of carbonyl (C=O) groups is 1. The van der Waals surface area contributed by atoms with Crippen molar-refractivity contribution in [2.45, 2.75) is 12.5 Å². The minimum absolute atomic E-state index is 0.232. The smallest absolute Gasteiger partial charge is 0.325 e. The van der Waals surface area contributed by atoms with Gasteiger partial charge in [0.2, 0.25) is 0 Å². The molecule has 7 heteroatoms. The molecular weight excluding hydrogens is 197 g/mol. The summed E-state index contributed by atoms with van der Waals surface area (Å²) in [6.45, 7) is 0.363. The second kappa shape index (κ2) is 3.75. The van der Waals surface area contributed by atoms with Crippen molar-refractivity contribution in [3.8, 4) is 0 Å². The van der Waals surface area contributed by atoms with Crippen LogP contribution in [0.15, 0.2) is 0 Å². The largest absolute Gasteiger partial charge is 0.480 e. The standard InChI is InChI=1S/C6H12NO5P/c8-6(9)5-1-4(2-7-5)3-13(10,11)12/h4-5,7H,1-3H2,(H,8,9)(H2,10,11,12)/t4-,5-/m0/s1. The van der Waals surface area contributed by atoms with E-state index in [9.17, 15) is 9.36 Å². The lowest BCUT2D eigenvalue weighted by Gasteiger charge is -2.08. The summed E-state index contributed by atoms with van der Waals surface area (Å²) >= 11 is 0. The zero-order chi connectivity index (χ0) is 10.1. The number of carboxylic acid groups (broad SMARTS) is 1. The third kappa shape index (κ3) is 3.44. The molecule has 1 rings (SSSR count). The van der Waals surface area contributed by atoms with Gasteiger partial charge in [-0.05, 0) is 18.9 Å². The average Bonchev–Trinajstić information content (AvgIpc) is 2.31. The lowest BCUT2D eigenvalue weighted by atomic mass is 10.1. The minimum Gasteiger partial charge on any atom is -0.480 e. The molecule has 1 aliphatic rings. The van der Waals surface area contributed by atoms with Gasteiger partial charge in [0.05, 0.1) is 6.16 Å². The number of rotatable bonds is 3. The molecule has 0 unspecified atom stereocenters. The topological polar surface area (TPSA) is 107 Å². The number of hydrogen-bond acceptors (Lipinski definition) is 3. The summed E-state index contributed by atoms with van der Waals surface area (Å²) in [4.78, 5) is 27.7. The molecule has 76 valence electrons. The first-order valence-corrected chi connectivity index (χ1v) is 5.69. The van der Waals surface area contributed by atoms with Gasteiger partial charge in [-0.2, -0.15) is 0 Å². The minimum atomic E-state index is -4.00. The van der Waals surface area contributed by atoms with Gasteiger partial charge in [-0.3, -0.25) is 9.36 Å². The molecule has 0 radical (unpaired) electrons. The lowest BCUT2D eigenvalue weighted by Crippen LogP contribution is -2.29. The predicted octanol–water partition coefficient (Wildman–Crippen LogP) is -0.773. The Morgan fingerprint density at radius 1 is 1.54 bits per heavy atom. The van der Waals surface area contributed by atoms with Crippen LogP contribution in [0.2, 0.25) is 0 Å². The molecule has 1 saturated heterocycles. The molecule has 4 N–H and O–H groups in total. The summed E-state index contributed by atoms with van der Waals surface area (Å²) < 4.78 is 10.6. The zero-order valence-corrected chi connectivity index (χ0v) is 7.78. The van der Waals surface area contributed by atoms with Gasteiger partial charge in [0.1, 0.15) is 6.04 Å². The van der Waals surface area contributed by atoms with Gasteiger partial charge in [-0.15, -0.1) is 0 Å². The van der Waals surface area contributed by atoms with Crippen LogP contribution >= 0.6 is 7.60 Å². The normalized spacial score (nSPS) is 29.1. The van der Waals surface area contributed by atoms with E-state index < -0.39 is 19.6 Å². The first-order valence-electron chi connectivity index (χ1n) is 3.89. The Morgan fingerprint density at radius 3 is 2.54 bits per heavy atom. The zero-order valence-electron chi connectivity index (χ0n) is 6.88. The van der Waals surface area contributed by atoms with E-state index in [4.69, 9.17) is 14.9 Å². The molecule has 0 aromatic heterocycles. The second-order valence-electron chi connectivity index (χ2n) is 3.25. The summed E-state index contributed by atoms with van der Waals surface area (Å²) in [7, 11) is -4.00. The molecule has 2 atom stereocenters. The molecule has 0 saturated carbocycles. The highest BCUT2D eigenvalue weighted by atomic mass is 31.2. The van der Waals surface area contributed by atoms with Crippen LogP contribution in [0.3, 0.4) is 0 Å². The molecule has 0 amide bonds. The second-order valence-corrected chi connectivity index (χ2v) is 4.94. The van der Waals surface area contributed by atoms with E-state index in [0.29, 0.717) is 13.0 Å². The fourth-order valence-corrected chi connectivity index (χ4v) is 2.42. The highest BCUT2D eigenvalue weighted by Gasteiger charge is 2.32. The molecule has 1 fully saturated rings. The molecule has 6 nitrogen and oxygen atoms in total. The Morgan fingerprint density at radius 2 is 2.15 bits per heavy atom. The fraction of sp³-hybridized carbons (Fsp3) is 0.833. The Bertz CT molecular complexity index is 249. The number of hydrogen-bond donors (Lipinski definition) is 4. The van der Waals surface area contributed by atoms with Crippen molar-refractivity contribution in [2.75, 3.05) is 12.7 Å². The summed E-state index contributed by atoms with van der Waals surface area (Å²) in [5, 5.41) is 11.3. The lowest BCUT2D eigenvalue weighted by molar-refractivity contribution is -0.139. The van der Waals surface area contributed by atoms with Gasteiger partial charge in [-0.1, -0.05) is 0 Å². The van der Waals surface area contributed by atoms with Crippen LogP contribution in [0.25, 0.3) is 0 Å². The summed E-state index contributed by atoms with van der Waals surface area (Å²) in [6, 6.07) is -0.656. The molecule has 0 bridgehead atoms. The molecule has 0 aromatic rings. The molecular formula is C6H12NO5P. The van der Waals surface area contributed by atoms with E-state index in [-0.39, 0.29) is 12.1 Å². The van der Waals surface area contributed by atoms with Crippen molar-refractivity contribution in [1.82, 2.24) is 5.32 Å². The maximum atomic E-state index is 10.6. The Labute approximate surface area is 75.1 Å². The summed E-state index contributed by atoms with van der Waals surface area (Å²) in [6.07, 6.45) is 0.0597. The van der Waals surface area contributed by atoms with Crippen LogP contribution in [-0.2, 0) is 9.36 Å². The van der Waals surface area contributed by atoms with E-state index in [2.05, 4.69) is 5.32 Å². The van der Waals surface area contributed by atoms with Gasteiger partial charge < -0.3 is 20.2 Å². The van der Waals surface area contributed by atoms with Gasteiger partial charge in [-0.25, -0.2) is 0 Å². The van der Waals surface area contributed by atoms with Gasteiger partial charge in [0.15, 0.2) is 0 Å². The van der Waals surface area contributed by atoms with Crippen molar-refractivity contribution in [3.05, 3.63) is 0 Å². The van der Waals surface area contributed by atoms with Crippen molar-refractivity contribution in [3.63, 3.8) is 0 Å². The monoisotopic (exact) mass is 209 g/mol. The highest BCUT2D eigenvalue weighted by molar-refractivity contribution is 7.51. The van der Waals surface area contributed by atoms with E-state index in [1.807, 2.05) is 0 Å². The summed E-state index contributed by atoms with van der Waals surface area (Å²) in [5.41, 5.74) is 0. The van der Waals surface area contributed by atoms with Crippen molar-refractivity contribution < 1.29 is 24.3 Å². The molecule has 0 aromatic carbocycles. The third-order valence-electron chi connectivity index (χ3n) is 2.02. The summed E-state index contributed by atoms with van der Waals surface area (Å²) in [5.74, 6) is -1.20. The number of carboxylic acids is 1. The number of nitrogens with one attached hydrogen (secondary N) is 1. The number of aliphatic carboxylic acids is 1. The predicted molar refractivity (Wildman–Crippen MR) is 44.4 cm³/mol. The van der Waals surface area contributed by atoms with Crippen LogP contribution in [0, 0.1) is 5.92 Å². The van der Waals surface area contributed by atoms with Gasteiger partial charge in [0, 0.05) is 0 Å². The van der Waals surface area contributed by atoms with Crippen LogP contribution < -0.4 is 5.32 Å². The quantitative estimate of drug-likeness (QED) is 0.454. The molecule has 0 aliphatic carbocycles. The van der Waals surface area contributed by atoms with Crippen LogP contribution in [0.1, 0.15) is 6.42 Å². The average molecular weight is 209 g/mol. The van der Waals surface area contributed by atoms with Crippen LogP contribution in [0.4, 0.5) is 0 Å². The Hall–Kier alpha value is -0.420. The first kappa shape index (κ1) is 10.7. The van der Waals surface area contributed by atoms with Crippen molar-refractivity contribution in [1.29, 1.82) is 0 Å². The fourth-order valence-electron chi connectivity index (χ4n) is 1.47. The van der Waals surface area contributed by atoms with Crippen LogP contribution in [-0.4, -0.2) is 39.6 Å². The molecule has 0 spiro atoms. The molecule has 13 heavy (non-hydrogen) atoms. The SMILES string of the molecule is O=C(O)[C@@H]1C[C@H](CP(=O)(O)O)CN1. The van der Waals surface area contributed by atoms with Crippen molar-refractivity contribution >= 4 is 13.6 Å².